The average Bonchev–Trinajstić information content (AvgIpc) is 3.26. The molecular formula is C24H29BClN5O4S. The Morgan fingerprint density at radius 2 is 1.97 bits per heavy atom. The lowest BCUT2D eigenvalue weighted by molar-refractivity contribution is 0.219. The van der Waals surface area contributed by atoms with Crippen LogP contribution in [0.5, 0.6) is 0 Å². The molecule has 4 rings (SSSR count). The van der Waals surface area contributed by atoms with Crippen molar-refractivity contribution < 1.29 is 17.9 Å². The normalized spacial score (nSPS) is 15.9. The molecule has 0 saturated heterocycles. The number of allylic oxidation sites excluding steroid dienone is 2. The van der Waals surface area contributed by atoms with Crippen LogP contribution in [-0.2, 0) is 19.5 Å². The van der Waals surface area contributed by atoms with Gasteiger partial charge >= 0.3 is 0 Å². The Morgan fingerprint density at radius 3 is 2.72 bits per heavy atom. The summed E-state index contributed by atoms with van der Waals surface area (Å²) in [6.07, 6.45) is 6.70. The van der Waals surface area contributed by atoms with Crippen molar-refractivity contribution >= 4 is 46.4 Å². The minimum absolute atomic E-state index is 0.238. The van der Waals surface area contributed by atoms with E-state index in [1.165, 1.54) is 14.2 Å². The SMILES string of the molecule is Bc1cnn2c(NCCCCNS(=O)(=O)C3C=CC(OC)=C(OC)C3)cc(-c3ccccc3Cl)nc12. The fraction of sp³-hybridized carbons (Fsp3) is 0.333. The van der Waals surface area contributed by atoms with E-state index in [9.17, 15) is 8.42 Å². The molecule has 2 N–H and O–H groups in total. The summed E-state index contributed by atoms with van der Waals surface area (Å²) in [4.78, 5) is 4.75. The van der Waals surface area contributed by atoms with Crippen LogP contribution in [-0.4, -0.2) is 63.4 Å². The Hall–Kier alpha value is -3.02. The first-order valence-corrected chi connectivity index (χ1v) is 13.6. The van der Waals surface area contributed by atoms with E-state index in [4.69, 9.17) is 26.1 Å². The molecule has 1 unspecified atom stereocenters. The molecule has 1 atom stereocenters. The maximum Gasteiger partial charge on any atom is 0.218 e. The molecular weight excluding hydrogens is 501 g/mol. The first kappa shape index (κ1) is 26.1. The zero-order chi connectivity index (χ0) is 25.7. The van der Waals surface area contributed by atoms with Crippen molar-refractivity contribution in [3.05, 3.63) is 65.2 Å². The Morgan fingerprint density at radius 1 is 1.19 bits per heavy atom. The highest BCUT2D eigenvalue weighted by molar-refractivity contribution is 7.90. The lowest BCUT2D eigenvalue weighted by Gasteiger charge is -2.21. The maximum absolute atomic E-state index is 12.7. The van der Waals surface area contributed by atoms with Gasteiger partial charge in [0, 0.05) is 42.4 Å². The van der Waals surface area contributed by atoms with Gasteiger partial charge in [0.15, 0.2) is 11.4 Å². The van der Waals surface area contributed by atoms with Gasteiger partial charge in [-0.2, -0.15) is 9.61 Å². The summed E-state index contributed by atoms with van der Waals surface area (Å²) in [5, 5.41) is 7.78. The summed E-state index contributed by atoms with van der Waals surface area (Å²) >= 11 is 6.40. The van der Waals surface area contributed by atoms with Crippen LogP contribution in [0.25, 0.3) is 16.9 Å². The second kappa shape index (κ2) is 11.4. The molecule has 0 radical (unpaired) electrons. The van der Waals surface area contributed by atoms with E-state index in [0.717, 1.165) is 34.6 Å². The monoisotopic (exact) mass is 529 g/mol. The molecule has 0 amide bonds. The number of nitrogens with one attached hydrogen (secondary N) is 2. The van der Waals surface area contributed by atoms with E-state index >= 15 is 0 Å². The molecule has 1 aliphatic rings. The predicted molar refractivity (Wildman–Crippen MR) is 145 cm³/mol. The molecule has 0 fully saturated rings. The van der Waals surface area contributed by atoms with Crippen LogP contribution in [0.15, 0.2) is 60.2 Å². The number of unbranched alkanes of at least 4 members (excludes halogenated alkanes) is 1. The van der Waals surface area contributed by atoms with E-state index < -0.39 is 15.3 Å². The van der Waals surface area contributed by atoms with Gasteiger partial charge in [-0.25, -0.2) is 18.1 Å². The van der Waals surface area contributed by atoms with Crippen molar-refractivity contribution in [2.75, 3.05) is 32.6 Å². The second-order valence-electron chi connectivity index (χ2n) is 8.44. The van der Waals surface area contributed by atoms with Crippen LogP contribution in [0.2, 0.25) is 5.02 Å². The van der Waals surface area contributed by atoms with Crippen molar-refractivity contribution in [1.29, 1.82) is 0 Å². The number of ether oxygens (including phenoxy) is 2. The van der Waals surface area contributed by atoms with Crippen LogP contribution in [0.1, 0.15) is 19.3 Å². The second-order valence-corrected chi connectivity index (χ2v) is 10.8. The highest BCUT2D eigenvalue weighted by Crippen LogP contribution is 2.28. The molecule has 1 aromatic carbocycles. The van der Waals surface area contributed by atoms with Gasteiger partial charge in [0.1, 0.15) is 24.7 Å². The number of rotatable bonds is 11. The van der Waals surface area contributed by atoms with Gasteiger partial charge in [0.2, 0.25) is 10.0 Å². The zero-order valence-corrected chi connectivity index (χ0v) is 22.1. The predicted octanol–water partition coefficient (Wildman–Crippen LogP) is 2.25. The van der Waals surface area contributed by atoms with Gasteiger partial charge in [-0.15, -0.1) is 0 Å². The van der Waals surface area contributed by atoms with Gasteiger partial charge in [0.25, 0.3) is 0 Å². The van der Waals surface area contributed by atoms with Crippen molar-refractivity contribution in [2.45, 2.75) is 24.5 Å². The fourth-order valence-electron chi connectivity index (χ4n) is 4.01. The minimum Gasteiger partial charge on any atom is -0.497 e. The summed E-state index contributed by atoms with van der Waals surface area (Å²) in [5.74, 6) is 1.86. The molecule has 2 heterocycles. The minimum atomic E-state index is -3.53. The molecule has 0 spiro atoms. The quantitative estimate of drug-likeness (QED) is 0.290. The number of benzene rings is 1. The molecule has 2 aromatic heterocycles. The molecule has 36 heavy (non-hydrogen) atoms. The molecule has 12 heteroatoms. The van der Waals surface area contributed by atoms with Crippen molar-refractivity contribution in [2.24, 2.45) is 0 Å². The number of aromatic nitrogens is 3. The van der Waals surface area contributed by atoms with E-state index in [1.54, 1.807) is 22.9 Å². The molecule has 1 aliphatic carbocycles. The summed E-state index contributed by atoms with van der Waals surface area (Å²) in [7, 11) is 1.48. The van der Waals surface area contributed by atoms with Gasteiger partial charge < -0.3 is 14.8 Å². The summed E-state index contributed by atoms with van der Waals surface area (Å²) in [6.45, 7) is 0.980. The fourth-order valence-corrected chi connectivity index (χ4v) is 5.54. The van der Waals surface area contributed by atoms with Gasteiger partial charge in [0.05, 0.1) is 19.9 Å². The van der Waals surface area contributed by atoms with Crippen LogP contribution in [0, 0.1) is 0 Å². The summed E-state index contributed by atoms with van der Waals surface area (Å²) in [6, 6.07) is 9.51. The summed E-state index contributed by atoms with van der Waals surface area (Å²) in [5.41, 5.74) is 3.32. The largest absolute Gasteiger partial charge is 0.497 e. The number of hydrogen-bond donors (Lipinski definition) is 2. The van der Waals surface area contributed by atoms with E-state index in [-0.39, 0.29) is 6.42 Å². The topological polar surface area (TPSA) is 107 Å². The molecule has 9 nitrogen and oxygen atoms in total. The van der Waals surface area contributed by atoms with Crippen molar-refractivity contribution in [1.82, 2.24) is 19.3 Å². The lowest BCUT2D eigenvalue weighted by Crippen LogP contribution is -2.35. The smallest absolute Gasteiger partial charge is 0.218 e. The number of fused-ring (bicyclic) bond motifs is 1. The number of halogens is 1. The first-order valence-electron chi connectivity index (χ1n) is 11.7. The Bertz CT molecular complexity index is 1410. The Balaban J connectivity index is 1.34. The lowest BCUT2D eigenvalue weighted by atomic mass is 10.0. The molecule has 190 valence electrons. The molecule has 3 aromatic rings. The number of hydrogen-bond acceptors (Lipinski definition) is 7. The van der Waals surface area contributed by atoms with Gasteiger partial charge in [-0.1, -0.05) is 35.9 Å². The highest BCUT2D eigenvalue weighted by atomic mass is 35.5. The van der Waals surface area contributed by atoms with E-state index in [2.05, 4.69) is 15.1 Å². The number of nitrogens with zero attached hydrogens (tertiary/aromatic N) is 3. The van der Waals surface area contributed by atoms with Gasteiger partial charge in [-0.05, 0) is 30.4 Å². The molecule has 0 aliphatic heterocycles. The zero-order valence-electron chi connectivity index (χ0n) is 20.5. The number of methoxy groups -OCH3 is 2. The third-order valence-corrected chi connectivity index (χ3v) is 8.06. The Kier molecular flexibility index (Phi) is 8.23. The summed E-state index contributed by atoms with van der Waals surface area (Å²) < 4.78 is 40.4. The van der Waals surface area contributed by atoms with Crippen LogP contribution >= 0.6 is 11.6 Å². The van der Waals surface area contributed by atoms with Crippen LogP contribution < -0.4 is 15.5 Å². The van der Waals surface area contributed by atoms with E-state index in [1.807, 2.05) is 38.2 Å². The third-order valence-electron chi connectivity index (χ3n) is 6.00. The van der Waals surface area contributed by atoms with Crippen LogP contribution in [0.3, 0.4) is 0 Å². The van der Waals surface area contributed by atoms with Crippen molar-refractivity contribution in [3.63, 3.8) is 0 Å². The van der Waals surface area contributed by atoms with Gasteiger partial charge in [-0.3, -0.25) is 0 Å². The number of sulfonamides is 1. The number of anilines is 1. The molecule has 0 bridgehead atoms. The highest BCUT2D eigenvalue weighted by Gasteiger charge is 2.28. The van der Waals surface area contributed by atoms with E-state index in [0.29, 0.717) is 36.1 Å². The standard InChI is InChI=1S/C24H29BClN5O4S/c1-34-21-10-9-16(13-22(21)35-2)36(32,33)29-12-6-5-11-27-23-14-20(17-7-3-4-8-19(17)26)30-24-18(25)15-28-31(23)24/h3-4,7-10,14-16,27,29H,5-6,11-13,25H2,1-2H3. The molecule has 0 saturated carbocycles. The van der Waals surface area contributed by atoms with Crippen molar-refractivity contribution in [3.8, 4) is 11.3 Å². The van der Waals surface area contributed by atoms with Crippen LogP contribution in [0.4, 0.5) is 5.82 Å². The first-order chi connectivity index (χ1) is 17.3. The third kappa shape index (κ3) is 5.69. The Labute approximate surface area is 217 Å². The average molecular weight is 530 g/mol. The maximum atomic E-state index is 12.7.